The highest BCUT2D eigenvalue weighted by molar-refractivity contribution is 7.16. The maximum atomic E-state index is 12.6. The van der Waals surface area contributed by atoms with Gasteiger partial charge in [-0.15, -0.1) is 11.3 Å². The Morgan fingerprint density at radius 3 is 2.65 bits per heavy atom. The van der Waals surface area contributed by atoms with Crippen LogP contribution in [0.15, 0.2) is 39.5 Å². The Labute approximate surface area is 186 Å². The summed E-state index contributed by atoms with van der Waals surface area (Å²) in [5, 5.41) is 10.9. The van der Waals surface area contributed by atoms with Crippen LogP contribution in [-0.2, 0) is 17.9 Å². The lowest BCUT2D eigenvalue weighted by Crippen LogP contribution is -2.48. The first kappa shape index (κ1) is 21.5. The van der Waals surface area contributed by atoms with Gasteiger partial charge in [-0.05, 0) is 24.6 Å². The highest BCUT2D eigenvalue weighted by atomic mass is 35.5. The highest BCUT2D eigenvalue weighted by Gasteiger charge is 2.21. The molecule has 0 unspecified atom stereocenters. The molecule has 1 aliphatic heterocycles. The number of amides is 1. The van der Waals surface area contributed by atoms with E-state index in [0.717, 1.165) is 24.0 Å². The molecule has 0 aliphatic carbocycles. The van der Waals surface area contributed by atoms with Crippen LogP contribution in [0.25, 0.3) is 11.1 Å². The van der Waals surface area contributed by atoms with Crippen molar-refractivity contribution in [3.05, 3.63) is 60.2 Å². The molecule has 0 bridgehead atoms. The largest absolute Gasteiger partial charge is 0.419 e. The molecule has 1 fully saturated rings. The molecule has 1 aromatic carbocycles. The maximum Gasteiger partial charge on any atom is 0.419 e. The third kappa shape index (κ3) is 4.97. The number of halogens is 1. The molecule has 1 amide bonds. The first-order valence-corrected chi connectivity index (χ1v) is 11.1. The van der Waals surface area contributed by atoms with Gasteiger partial charge in [0.05, 0.1) is 20.8 Å². The molecule has 0 saturated carbocycles. The van der Waals surface area contributed by atoms with E-state index in [9.17, 15) is 19.7 Å². The van der Waals surface area contributed by atoms with E-state index in [1.165, 1.54) is 27.6 Å². The van der Waals surface area contributed by atoms with E-state index in [1.54, 1.807) is 11.3 Å². The van der Waals surface area contributed by atoms with Crippen molar-refractivity contribution < 1.29 is 14.1 Å². The topological polar surface area (TPSA) is 102 Å². The summed E-state index contributed by atoms with van der Waals surface area (Å²) >= 11 is 7.56. The summed E-state index contributed by atoms with van der Waals surface area (Å²) in [7, 11) is 0. The molecule has 9 nitrogen and oxygen atoms in total. The summed E-state index contributed by atoms with van der Waals surface area (Å²) in [6.45, 7) is 4.13. The number of hydrogen-bond donors (Lipinski definition) is 0. The van der Waals surface area contributed by atoms with Crippen molar-refractivity contribution in [2.24, 2.45) is 0 Å². The number of benzene rings is 1. The Bertz CT molecular complexity index is 1160. The van der Waals surface area contributed by atoms with E-state index in [1.807, 2.05) is 17.0 Å². The molecule has 0 atom stereocenters. The molecule has 11 heteroatoms. The Hall–Kier alpha value is -2.69. The number of rotatable bonds is 7. The van der Waals surface area contributed by atoms with Gasteiger partial charge in [0.2, 0.25) is 5.91 Å². The molecule has 2 aromatic heterocycles. The average molecular weight is 465 g/mol. The summed E-state index contributed by atoms with van der Waals surface area (Å²) in [4.78, 5) is 40.4. The molecular weight excluding hydrogens is 444 g/mol. The van der Waals surface area contributed by atoms with Gasteiger partial charge >= 0.3 is 5.76 Å². The molecule has 1 saturated heterocycles. The van der Waals surface area contributed by atoms with Crippen LogP contribution < -0.4 is 5.76 Å². The number of nitro benzene ring substituents is 1. The first-order chi connectivity index (χ1) is 14.9. The number of aryl methyl sites for hydroxylation is 1. The average Bonchev–Trinajstić information content (AvgIpc) is 3.30. The summed E-state index contributed by atoms with van der Waals surface area (Å²) in [6, 6.07) is 8.01. The standard InChI is InChI=1S/C20H21ClN4O5S/c21-18-6-4-15(31-18)13-22-8-10-23(11-9-22)19(26)2-1-7-24-16-5-3-14(25(28)29)12-17(16)30-20(24)27/h3-6,12H,1-2,7-11,13H2. The summed E-state index contributed by atoms with van der Waals surface area (Å²) in [5.74, 6) is -0.513. The third-order valence-electron chi connectivity index (χ3n) is 5.37. The number of carbonyl (C=O) groups is 1. The number of carbonyl (C=O) groups excluding carboxylic acids is 1. The minimum Gasteiger partial charge on any atom is -0.407 e. The fraction of sp³-hybridized carbons (Fsp3) is 0.400. The monoisotopic (exact) mass is 464 g/mol. The zero-order valence-electron chi connectivity index (χ0n) is 16.7. The van der Waals surface area contributed by atoms with Gasteiger partial charge in [-0.2, -0.15) is 0 Å². The molecule has 0 N–H and O–H groups in total. The maximum absolute atomic E-state index is 12.6. The van der Waals surface area contributed by atoms with Gasteiger partial charge in [0.1, 0.15) is 0 Å². The second kappa shape index (κ2) is 9.21. The summed E-state index contributed by atoms with van der Waals surface area (Å²) in [6.07, 6.45) is 0.810. The van der Waals surface area contributed by atoms with Crippen molar-refractivity contribution in [2.75, 3.05) is 26.2 Å². The van der Waals surface area contributed by atoms with Gasteiger partial charge < -0.3 is 9.32 Å². The zero-order chi connectivity index (χ0) is 22.0. The van der Waals surface area contributed by atoms with Crippen molar-refractivity contribution in [1.82, 2.24) is 14.4 Å². The Morgan fingerprint density at radius 2 is 1.97 bits per heavy atom. The van der Waals surface area contributed by atoms with E-state index < -0.39 is 10.7 Å². The number of oxazole rings is 1. The first-order valence-electron chi connectivity index (χ1n) is 9.93. The van der Waals surface area contributed by atoms with Crippen LogP contribution in [0.3, 0.4) is 0 Å². The van der Waals surface area contributed by atoms with Gasteiger partial charge in [0.15, 0.2) is 5.58 Å². The van der Waals surface area contributed by atoms with Crippen molar-refractivity contribution >= 4 is 45.6 Å². The van der Waals surface area contributed by atoms with Crippen LogP contribution in [0.4, 0.5) is 5.69 Å². The number of nitrogens with zero attached hydrogens (tertiary/aromatic N) is 4. The Morgan fingerprint density at radius 1 is 1.19 bits per heavy atom. The SMILES string of the molecule is O=C(CCCn1c(=O)oc2cc([N+](=O)[O-])ccc21)N1CCN(Cc2ccc(Cl)s2)CC1. The van der Waals surface area contributed by atoms with Crippen molar-refractivity contribution in [1.29, 1.82) is 0 Å². The lowest BCUT2D eigenvalue weighted by molar-refractivity contribution is -0.384. The predicted molar refractivity (Wildman–Crippen MR) is 118 cm³/mol. The lowest BCUT2D eigenvalue weighted by atomic mass is 10.2. The summed E-state index contributed by atoms with van der Waals surface area (Å²) in [5.41, 5.74) is 0.531. The van der Waals surface area contributed by atoms with Gasteiger partial charge in [-0.25, -0.2) is 4.79 Å². The summed E-state index contributed by atoms with van der Waals surface area (Å²) < 4.78 is 7.32. The van der Waals surface area contributed by atoms with Crippen LogP contribution in [0.1, 0.15) is 17.7 Å². The molecule has 0 spiro atoms. The number of hydrogen-bond acceptors (Lipinski definition) is 7. The Kier molecular flexibility index (Phi) is 6.40. The van der Waals surface area contributed by atoms with E-state index in [-0.39, 0.29) is 17.2 Å². The molecule has 31 heavy (non-hydrogen) atoms. The normalized spacial score (nSPS) is 14.9. The van der Waals surface area contributed by atoms with Crippen LogP contribution in [0, 0.1) is 10.1 Å². The van der Waals surface area contributed by atoms with E-state index in [2.05, 4.69) is 4.90 Å². The van der Waals surface area contributed by atoms with Crippen LogP contribution in [-0.4, -0.2) is 51.4 Å². The number of non-ortho nitro benzene ring substituents is 1. The zero-order valence-corrected chi connectivity index (χ0v) is 18.2. The van der Waals surface area contributed by atoms with E-state index >= 15 is 0 Å². The minimum atomic E-state index is -0.578. The third-order valence-corrected chi connectivity index (χ3v) is 6.58. The fourth-order valence-corrected chi connectivity index (χ4v) is 4.87. The van der Waals surface area contributed by atoms with Gasteiger partial charge in [-0.3, -0.25) is 24.4 Å². The van der Waals surface area contributed by atoms with Crippen molar-refractivity contribution in [3.63, 3.8) is 0 Å². The van der Waals surface area contributed by atoms with Gasteiger partial charge in [-0.1, -0.05) is 11.6 Å². The molecular formula is C20H21ClN4O5S. The van der Waals surface area contributed by atoms with Crippen LogP contribution in [0.2, 0.25) is 4.34 Å². The molecule has 1 aliphatic rings. The molecule has 0 radical (unpaired) electrons. The number of piperazine rings is 1. The lowest BCUT2D eigenvalue weighted by Gasteiger charge is -2.34. The van der Waals surface area contributed by atoms with Crippen molar-refractivity contribution in [2.45, 2.75) is 25.9 Å². The predicted octanol–water partition coefficient (Wildman–Crippen LogP) is 3.34. The number of fused-ring (bicyclic) bond motifs is 1. The minimum absolute atomic E-state index is 0.0651. The second-order valence-corrected chi connectivity index (χ2v) is 9.19. The van der Waals surface area contributed by atoms with Crippen LogP contribution in [0.5, 0.6) is 0 Å². The molecule has 3 aromatic rings. The highest BCUT2D eigenvalue weighted by Crippen LogP contribution is 2.23. The quantitative estimate of drug-likeness (QED) is 0.392. The molecule has 3 heterocycles. The number of nitro groups is 1. The molecule has 4 rings (SSSR count). The smallest absolute Gasteiger partial charge is 0.407 e. The van der Waals surface area contributed by atoms with E-state index in [0.29, 0.717) is 38.0 Å². The van der Waals surface area contributed by atoms with Crippen molar-refractivity contribution in [3.8, 4) is 0 Å². The second-order valence-electron chi connectivity index (χ2n) is 7.40. The molecule has 164 valence electrons. The number of thiophene rings is 1. The van der Waals surface area contributed by atoms with Crippen LogP contribution >= 0.6 is 22.9 Å². The number of aromatic nitrogens is 1. The van der Waals surface area contributed by atoms with Gasteiger partial charge in [0, 0.05) is 56.6 Å². The van der Waals surface area contributed by atoms with E-state index in [4.69, 9.17) is 16.0 Å². The van der Waals surface area contributed by atoms with Gasteiger partial charge in [0.25, 0.3) is 5.69 Å². The Balaban J connectivity index is 1.27. The fourth-order valence-electron chi connectivity index (χ4n) is 3.74.